The van der Waals surface area contributed by atoms with Gasteiger partial charge in [0.05, 0.1) is 79.3 Å². The summed E-state index contributed by atoms with van der Waals surface area (Å²) in [6.45, 7) is 5.33. The SMILES string of the molecule is O=C(C1=C[C@H](c2ccsc2)C[C@H](OCCOCCO)O1)N1CCOCCOCCOCCOCC1. The number of aliphatic hydroxyl groups is 1. The number of carbonyl (C=O) groups excluding carboxylic acids is 1. The van der Waals surface area contributed by atoms with Crippen LogP contribution in [0.5, 0.6) is 0 Å². The summed E-state index contributed by atoms with van der Waals surface area (Å²) in [5.41, 5.74) is 1.12. The minimum absolute atomic E-state index is 0.00238. The molecule has 1 fully saturated rings. The van der Waals surface area contributed by atoms with E-state index in [9.17, 15) is 4.79 Å². The molecule has 2 aliphatic heterocycles. The maximum Gasteiger partial charge on any atom is 0.288 e. The van der Waals surface area contributed by atoms with E-state index in [2.05, 4.69) is 11.4 Å². The van der Waals surface area contributed by atoms with Gasteiger partial charge in [0.15, 0.2) is 5.76 Å². The van der Waals surface area contributed by atoms with Gasteiger partial charge in [-0.05, 0) is 28.5 Å². The minimum Gasteiger partial charge on any atom is -0.459 e. The highest BCUT2D eigenvalue weighted by molar-refractivity contribution is 7.08. The Morgan fingerprint density at radius 3 is 2.23 bits per heavy atom. The molecule has 1 aromatic heterocycles. The molecule has 0 aromatic carbocycles. The summed E-state index contributed by atoms with van der Waals surface area (Å²) < 4.78 is 39.3. The molecule has 0 unspecified atom stereocenters. The third-order valence-corrected chi connectivity index (χ3v) is 6.12. The van der Waals surface area contributed by atoms with Gasteiger partial charge in [-0.2, -0.15) is 11.3 Å². The van der Waals surface area contributed by atoms with Gasteiger partial charge in [-0.1, -0.05) is 0 Å². The number of ether oxygens (including phenoxy) is 7. The van der Waals surface area contributed by atoms with Crippen LogP contribution in [0.2, 0.25) is 0 Å². The van der Waals surface area contributed by atoms with Crippen LogP contribution in [0.25, 0.3) is 0 Å². The van der Waals surface area contributed by atoms with E-state index in [1.54, 1.807) is 16.2 Å². The molecule has 1 saturated heterocycles. The molecule has 35 heavy (non-hydrogen) atoms. The first-order valence-corrected chi connectivity index (χ1v) is 13.0. The van der Waals surface area contributed by atoms with E-state index in [-0.39, 0.29) is 30.8 Å². The molecule has 3 heterocycles. The smallest absolute Gasteiger partial charge is 0.288 e. The van der Waals surface area contributed by atoms with Gasteiger partial charge in [-0.25, -0.2) is 0 Å². The van der Waals surface area contributed by atoms with Crippen molar-refractivity contribution >= 4 is 17.2 Å². The molecule has 2 atom stereocenters. The van der Waals surface area contributed by atoms with Crippen molar-refractivity contribution in [1.82, 2.24) is 4.90 Å². The lowest BCUT2D eigenvalue weighted by Crippen LogP contribution is -2.40. The zero-order valence-electron chi connectivity index (χ0n) is 20.1. The fourth-order valence-electron chi connectivity index (χ4n) is 3.62. The maximum absolute atomic E-state index is 13.5. The molecule has 0 radical (unpaired) electrons. The Kier molecular flexibility index (Phi) is 13.6. The van der Waals surface area contributed by atoms with Crippen molar-refractivity contribution in [1.29, 1.82) is 0 Å². The van der Waals surface area contributed by atoms with E-state index >= 15 is 0 Å². The van der Waals surface area contributed by atoms with Crippen LogP contribution in [0.4, 0.5) is 0 Å². The van der Waals surface area contributed by atoms with Gasteiger partial charge in [0.2, 0.25) is 6.29 Å². The molecule has 0 saturated carbocycles. The van der Waals surface area contributed by atoms with E-state index in [0.29, 0.717) is 85.6 Å². The van der Waals surface area contributed by atoms with Gasteiger partial charge < -0.3 is 43.2 Å². The molecule has 0 bridgehead atoms. The molecule has 11 heteroatoms. The molecule has 1 aromatic rings. The van der Waals surface area contributed by atoms with Crippen molar-refractivity contribution in [2.75, 3.05) is 92.4 Å². The number of rotatable bonds is 8. The number of carbonyl (C=O) groups is 1. The van der Waals surface area contributed by atoms with Crippen molar-refractivity contribution in [3.63, 3.8) is 0 Å². The number of thiophene rings is 1. The first kappa shape index (κ1) is 28.0. The molecule has 0 spiro atoms. The van der Waals surface area contributed by atoms with Crippen LogP contribution in [0.15, 0.2) is 28.7 Å². The molecule has 198 valence electrons. The molecular weight excluding hydrogens is 478 g/mol. The van der Waals surface area contributed by atoms with Crippen molar-refractivity contribution in [2.24, 2.45) is 0 Å². The predicted octanol–water partition coefficient (Wildman–Crippen LogP) is 1.40. The second-order valence-electron chi connectivity index (χ2n) is 7.93. The fraction of sp³-hybridized carbons (Fsp3) is 0.708. The van der Waals surface area contributed by atoms with E-state index in [1.165, 1.54) is 0 Å². The Morgan fingerprint density at radius 1 is 0.971 bits per heavy atom. The Morgan fingerprint density at radius 2 is 1.63 bits per heavy atom. The number of hydrogen-bond donors (Lipinski definition) is 1. The monoisotopic (exact) mass is 515 g/mol. The van der Waals surface area contributed by atoms with Gasteiger partial charge in [0.1, 0.15) is 0 Å². The average molecular weight is 516 g/mol. The highest BCUT2D eigenvalue weighted by Crippen LogP contribution is 2.33. The summed E-state index contributed by atoms with van der Waals surface area (Å²) in [4.78, 5) is 15.2. The number of hydrogen-bond acceptors (Lipinski definition) is 10. The van der Waals surface area contributed by atoms with Gasteiger partial charge in [-0.3, -0.25) is 4.79 Å². The van der Waals surface area contributed by atoms with Gasteiger partial charge in [-0.15, -0.1) is 0 Å². The van der Waals surface area contributed by atoms with Crippen molar-refractivity contribution in [3.05, 3.63) is 34.2 Å². The molecule has 10 nitrogen and oxygen atoms in total. The van der Waals surface area contributed by atoms with Gasteiger partial charge in [0.25, 0.3) is 5.91 Å². The standard InChI is InChI=1S/C24H37NO9S/c26-4-7-30-14-15-33-23-18-21(20-1-16-35-19-20)17-22(34-23)24(27)25-2-5-28-8-10-31-12-13-32-11-9-29-6-3-25/h1,16-17,19,21,23,26H,2-15,18H2/t21-,23+/m0/s1. The molecule has 2 aliphatic rings. The van der Waals surface area contributed by atoms with Crippen LogP contribution in [0.3, 0.4) is 0 Å². The number of amides is 1. The quantitative estimate of drug-likeness (QED) is 0.514. The highest BCUT2D eigenvalue weighted by atomic mass is 32.1. The van der Waals surface area contributed by atoms with Gasteiger partial charge >= 0.3 is 0 Å². The van der Waals surface area contributed by atoms with Crippen molar-refractivity contribution in [3.8, 4) is 0 Å². The first-order valence-electron chi connectivity index (χ1n) is 12.1. The van der Waals surface area contributed by atoms with Crippen LogP contribution in [-0.4, -0.2) is 115 Å². The lowest BCUT2D eigenvalue weighted by Gasteiger charge is -2.31. The lowest BCUT2D eigenvalue weighted by atomic mass is 9.95. The molecule has 3 rings (SSSR count). The number of nitrogens with zero attached hydrogens (tertiary/aromatic N) is 1. The third-order valence-electron chi connectivity index (χ3n) is 5.42. The summed E-state index contributed by atoms with van der Waals surface area (Å²) in [6, 6.07) is 2.05. The summed E-state index contributed by atoms with van der Waals surface area (Å²) in [5, 5.41) is 12.9. The lowest BCUT2D eigenvalue weighted by molar-refractivity contribution is -0.157. The summed E-state index contributed by atoms with van der Waals surface area (Å²) in [6.07, 6.45) is 1.90. The largest absolute Gasteiger partial charge is 0.459 e. The van der Waals surface area contributed by atoms with Crippen molar-refractivity contribution in [2.45, 2.75) is 18.6 Å². The van der Waals surface area contributed by atoms with Crippen LogP contribution < -0.4 is 0 Å². The van der Waals surface area contributed by atoms with Crippen LogP contribution in [-0.2, 0) is 38.0 Å². The average Bonchev–Trinajstić information content (AvgIpc) is 3.41. The summed E-state index contributed by atoms with van der Waals surface area (Å²) >= 11 is 1.61. The Labute approximate surface area is 210 Å². The second kappa shape index (κ2) is 17.0. The summed E-state index contributed by atoms with van der Waals surface area (Å²) in [5.74, 6) is 0.0416. The topological polar surface area (TPSA) is 105 Å². The van der Waals surface area contributed by atoms with Crippen molar-refractivity contribution < 1.29 is 43.1 Å². The van der Waals surface area contributed by atoms with Crippen LogP contribution in [0.1, 0.15) is 17.9 Å². The molecule has 0 aliphatic carbocycles. The Hall–Kier alpha value is -1.57. The number of allylic oxidation sites excluding steroid dienone is 1. The zero-order chi connectivity index (χ0) is 24.6. The second-order valence-corrected chi connectivity index (χ2v) is 8.71. The molecule has 1 N–H and O–H groups in total. The number of aliphatic hydroxyl groups excluding tert-OH is 1. The molecular formula is C24H37NO9S. The van der Waals surface area contributed by atoms with E-state index in [4.69, 9.17) is 38.3 Å². The predicted molar refractivity (Wildman–Crippen MR) is 128 cm³/mol. The third kappa shape index (κ3) is 10.5. The van der Waals surface area contributed by atoms with Crippen LogP contribution in [0, 0.1) is 0 Å². The van der Waals surface area contributed by atoms with E-state index in [0.717, 1.165) is 5.56 Å². The fourth-order valence-corrected chi connectivity index (χ4v) is 4.34. The summed E-state index contributed by atoms with van der Waals surface area (Å²) in [7, 11) is 0. The molecule has 1 amide bonds. The zero-order valence-corrected chi connectivity index (χ0v) is 21.0. The Bertz CT molecular complexity index is 715. The first-order chi connectivity index (χ1) is 17.3. The normalized spacial score (nSPS) is 23.6. The van der Waals surface area contributed by atoms with Gasteiger partial charge in [0, 0.05) is 25.4 Å². The van der Waals surface area contributed by atoms with Crippen LogP contribution >= 0.6 is 11.3 Å². The minimum atomic E-state index is -0.577. The highest BCUT2D eigenvalue weighted by Gasteiger charge is 2.31. The Balaban J connectivity index is 1.63. The van der Waals surface area contributed by atoms with E-state index < -0.39 is 6.29 Å². The van der Waals surface area contributed by atoms with E-state index in [1.807, 2.05) is 11.5 Å². The maximum atomic E-state index is 13.5.